The highest BCUT2D eigenvalue weighted by Gasteiger charge is 2.22. The number of carbonyl (C=O) groups excluding carboxylic acids is 2. The number of nitrogens with zero attached hydrogens (tertiary/aromatic N) is 5. The van der Waals surface area contributed by atoms with Crippen molar-refractivity contribution >= 4 is 45.9 Å². The molecule has 0 spiro atoms. The van der Waals surface area contributed by atoms with E-state index in [0.29, 0.717) is 41.2 Å². The number of anilines is 4. The summed E-state index contributed by atoms with van der Waals surface area (Å²) >= 11 is 0. The number of amides is 3. The van der Waals surface area contributed by atoms with Crippen molar-refractivity contribution in [1.82, 2.24) is 30.0 Å². The SMILES string of the molecule is Cc1ccc(-n2nc(C(C)(C)C)cc2NC(=O)Nc2ccc(Oc3ccnc(Nc4ccc(C(=O)NCCN5CCOCC5)cc4C)n3)c3ccccc23)cc1. The molecule has 1 fully saturated rings. The van der Waals surface area contributed by atoms with Gasteiger partial charge in [-0.2, -0.15) is 10.1 Å². The summed E-state index contributed by atoms with van der Waals surface area (Å²) in [6, 6.07) is 27.9. The Kier molecular flexibility index (Phi) is 11.3. The van der Waals surface area contributed by atoms with Gasteiger partial charge in [-0.1, -0.05) is 62.7 Å². The molecule has 1 aliphatic rings. The van der Waals surface area contributed by atoms with Crippen LogP contribution < -0.4 is 26.0 Å². The van der Waals surface area contributed by atoms with E-state index in [1.165, 1.54) is 0 Å². The van der Waals surface area contributed by atoms with E-state index < -0.39 is 6.03 Å². The fourth-order valence-corrected chi connectivity index (χ4v) is 6.35. The third kappa shape index (κ3) is 9.13. The highest BCUT2D eigenvalue weighted by molar-refractivity contribution is 6.07. The second-order valence-electron chi connectivity index (χ2n) is 14.8. The molecule has 0 radical (unpaired) electrons. The van der Waals surface area contributed by atoms with Crippen molar-refractivity contribution in [1.29, 1.82) is 0 Å². The van der Waals surface area contributed by atoms with E-state index in [4.69, 9.17) is 14.6 Å². The van der Waals surface area contributed by atoms with Crippen LogP contribution in [0.2, 0.25) is 0 Å². The smallest absolute Gasteiger partial charge is 0.324 e. The van der Waals surface area contributed by atoms with E-state index in [1.54, 1.807) is 35.1 Å². The number of aromatic nitrogens is 4. The Balaban J connectivity index is 1.02. The average Bonchev–Trinajstić information content (AvgIpc) is 3.62. The molecular formula is C43H47N9O4. The van der Waals surface area contributed by atoms with Gasteiger partial charge in [0.25, 0.3) is 5.91 Å². The summed E-state index contributed by atoms with van der Waals surface area (Å²) in [6.07, 6.45) is 1.62. The van der Waals surface area contributed by atoms with Gasteiger partial charge in [-0.15, -0.1) is 0 Å². The number of rotatable bonds is 11. The Morgan fingerprint density at radius 1 is 0.857 bits per heavy atom. The van der Waals surface area contributed by atoms with Crippen molar-refractivity contribution in [3.63, 3.8) is 0 Å². The third-order valence-electron chi connectivity index (χ3n) is 9.53. The molecule has 3 heterocycles. The molecule has 0 saturated carbocycles. The molecule has 13 nitrogen and oxygen atoms in total. The van der Waals surface area contributed by atoms with Gasteiger partial charge < -0.3 is 25.4 Å². The molecule has 3 amide bonds. The van der Waals surface area contributed by atoms with Gasteiger partial charge in [0.2, 0.25) is 11.8 Å². The average molecular weight is 754 g/mol. The van der Waals surface area contributed by atoms with Crippen molar-refractivity contribution in [2.75, 3.05) is 55.3 Å². The Hall–Kier alpha value is -6.31. The first-order valence-corrected chi connectivity index (χ1v) is 18.7. The zero-order valence-corrected chi connectivity index (χ0v) is 32.3. The highest BCUT2D eigenvalue weighted by atomic mass is 16.5. The van der Waals surface area contributed by atoms with Crippen molar-refractivity contribution < 1.29 is 19.1 Å². The maximum absolute atomic E-state index is 13.5. The molecule has 6 aromatic rings. The molecular weight excluding hydrogens is 707 g/mol. The molecule has 13 heteroatoms. The zero-order valence-electron chi connectivity index (χ0n) is 32.3. The predicted octanol–water partition coefficient (Wildman–Crippen LogP) is 7.97. The molecule has 1 aliphatic heterocycles. The number of urea groups is 1. The lowest BCUT2D eigenvalue weighted by atomic mass is 9.92. The first-order valence-electron chi connectivity index (χ1n) is 18.7. The summed E-state index contributed by atoms with van der Waals surface area (Å²) < 4.78 is 13.5. The van der Waals surface area contributed by atoms with Crippen LogP contribution in [0.5, 0.6) is 11.6 Å². The first-order chi connectivity index (χ1) is 27.0. The Morgan fingerprint density at radius 2 is 1.61 bits per heavy atom. The number of nitrogens with one attached hydrogen (secondary N) is 4. The number of hydrogen-bond donors (Lipinski definition) is 4. The van der Waals surface area contributed by atoms with Crippen LogP contribution in [-0.4, -0.2) is 76.0 Å². The van der Waals surface area contributed by atoms with Crippen LogP contribution in [0.25, 0.3) is 16.5 Å². The minimum atomic E-state index is -0.406. The summed E-state index contributed by atoms with van der Waals surface area (Å²) in [5.41, 5.74) is 5.44. The predicted molar refractivity (Wildman–Crippen MR) is 220 cm³/mol. The van der Waals surface area contributed by atoms with Crippen LogP contribution in [0.3, 0.4) is 0 Å². The molecule has 1 saturated heterocycles. The van der Waals surface area contributed by atoms with Gasteiger partial charge in [0, 0.05) is 71.9 Å². The van der Waals surface area contributed by atoms with Gasteiger partial charge >= 0.3 is 6.03 Å². The summed E-state index contributed by atoms with van der Waals surface area (Å²) in [5, 5.41) is 18.7. The molecule has 2 aromatic heterocycles. The number of hydrogen-bond acceptors (Lipinski definition) is 9. The largest absolute Gasteiger partial charge is 0.438 e. The van der Waals surface area contributed by atoms with Crippen molar-refractivity contribution in [2.45, 2.75) is 40.0 Å². The normalized spacial score (nSPS) is 13.3. The lowest BCUT2D eigenvalue weighted by molar-refractivity contribution is 0.0383. The van der Waals surface area contributed by atoms with Gasteiger partial charge in [0.15, 0.2) is 0 Å². The van der Waals surface area contributed by atoms with Gasteiger partial charge in [-0.3, -0.25) is 15.0 Å². The summed E-state index contributed by atoms with van der Waals surface area (Å²) in [6.45, 7) is 14.8. The van der Waals surface area contributed by atoms with Crippen LogP contribution in [0.4, 0.5) is 27.9 Å². The minimum Gasteiger partial charge on any atom is -0.438 e. The van der Waals surface area contributed by atoms with Crippen LogP contribution in [-0.2, 0) is 10.2 Å². The number of fused-ring (bicyclic) bond motifs is 1. The summed E-state index contributed by atoms with van der Waals surface area (Å²) in [5.74, 6) is 1.67. The third-order valence-corrected chi connectivity index (χ3v) is 9.53. The summed E-state index contributed by atoms with van der Waals surface area (Å²) in [4.78, 5) is 37.6. The van der Waals surface area contributed by atoms with Crippen LogP contribution >= 0.6 is 0 Å². The van der Waals surface area contributed by atoms with Crippen molar-refractivity contribution in [3.8, 4) is 17.3 Å². The Labute approximate surface area is 326 Å². The monoisotopic (exact) mass is 753 g/mol. The van der Waals surface area contributed by atoms with Crippen LogP contribution in [0.15, 0.2) is 97.2 Å². The number of carbonyl (C=O) groups is 2. The maximum Gasteiger partial charge on any atom is 0.324 e. The standard InChI is InChI=1S/C43H47N9O4/c1-28-10-13-31(14-11-28)52-38(27-37(50-52)43(3,4)5)48-42(54)47-35-16-17-36(33-9-7-6-8-32(33)35)56-39-18-19-45-41(49-39)46-34-15-12-30(26-29(34)2)40(53)44-20-21-51-22-24-55-25-23-51/h6-19,26-27H,20-25H2,1-5H3,(H,44,53)(H,45,46,49)(H2,47,48,54). The molecule has 288 valence electrons. The number of aryl methyl sites for hydroxylation is 2. The lowest BCUT2D eigenvalue weighted by Crippen LogP contribution is -2.41. The molecule has 0 aliphatic carbocycles. The number of morpholine rings is 1. The van der Waals surface area contributed by atoms with E-state index in [-0.39, 0.29) is 11.3 Å². The second-order valence-corrected chi connectivity index (χ2v) is 14.8. The number of benzene rings is 4. The van der Waals surface area contributed by atoms with Crippen LogP contribution in [0, 0.1) is 13.8 Å². The molecule has 0 unspecified atom stereocenters. The zero-order chi connectivity index (χ0) is 39.2. The van der Waals surface area contributed by atoms with E-state index in [0.717, 1.165) is 71.8 Å². The molecule has 0 bridgehead atoms. The summed E-state index contributed by atoms with van der Waals surface area (Å²) in [7, 11) is 0. The maximum atomic E-state index is 13.5. The van der Waals surface area contributed by atoms with E-state index in [9.17, 15) is 9.59 Å². The topological polar surface area (TPSA) is 148 Å². The fourth-order valence-electron chi connectivity index (χ4n) is 6.35. The quantitative estimate of drug-likeness (QED) is 0.103. The fraction of sp³-hybridized carbons (Fsp3) is 0.279. The first kappa shape index (κ1) is 38.0. The molecule has 56 heavy (non-hydrogen) atoms. The Bertz CT molecular complexity index is 2350. The molecule has 7 rings (SSSR count). The van der Waals surface area contributed by atoms with Gasteiger partial charge in [-0.25, -0.2) is 14.5 Å². The van der Waals surface area contributed by atoms with Crippen molar-refractivity contribution in [3.05, 3.63) is 120 Å². The van der Waals surface area contributed by atoms with Gasteiger partial charge in [0.05, 0.1) is 30.3 Å². The van der Waals surface area contributed by atoms with E-state index in [1.807, 2.05) is 80.6 Å². The second kappa shape index (κ2) is 16.6. The highest BCUT2D eigenvalue weighted by Crippen LogP contribution is 2.35. The molecule has 4 N–H and O–H groups in total. The van der Waals surface area contributed by atoms with Gasteiger partial charge in [0.1, 0.15) is 11.6 Å². The lowest BCUT2D eigenvalue weighted by Gasteiger charge is -2.26. The Morgan fingerprint density at radius 3 is 2.36 bits per heavy atom. The van der Waals surface area contributed by atoms with Gasteiger partial charge in [-0.05, 0) is 61.9 Å². The van der Waals surface area contributed by atoms with Crippen molar-refractivity contribution in [2.24, 2.45) is 0 Å². The minimum absolute atomic E-state index is 0.117. The van der Waals surface area contributed by atoms with E-state index in [2.05, 4.69) is 56.9 Å². The number of ether oxygens (including phenoxy) is 2. The van der Waals surface area contributed by atoms with Crippen LogP contribution in [0.1, 0.15) is 48.0 Å². The molecule has 0 atom stereocenters. The molecule has 4 aromatic carbocycles. The van der Waals surface area contributed by atoms with E-state index >= 15 is 0 Å².